The average molecular weight is 391 g/mol. The van der Waals surface area contributed by atoms with Crippen molar-refractivity contribution in [3.63, 3.8) is 0 Å². The van der Waals surface area contributed by atoms with E-state index in [0.717, 1.165) is 46.8 Å². The number of nitrogens with zero attached hydrogens (tertiary/aromatic N) is 6. The standard InChI is InChI=1S/C21H22N6S/c1-16-7-3-4-9-19(16)27-20(18-8-5-10-22-15-18)24-25-21(27)28-14-6-12-26-13-11-23-17(26)2/h3-5,7-11,13,15H,6,12,14H2,1-2H3. The van der Waals surface area contributed by atoms with Crippen molar-refractivity contribution in [3.8, 4) is 17.1 Å². The van der Waals surface area contributed by atoms with Crippen LogP contribution < -0.4 is 0 Å². The fraction of sp³-hybridized carbons (Fsp3) is 0.238. The van der Waals surface area contributed by atoms with Crippen molar-refractivity contribution in [2.45, 2.75) is 32.0 Å². The highest BCUT2D eigenvalue weighted by atomic mass is 32.2. The fourth-order valence-corrected chi connectivity index (χ4v) is 3.98. The molecule has 0 saturated carbocycles. The van der Waals surface area contributed by atoms with E-state index in [1.165, 1.54) is 5.56 Å². The largest absolute Gasteiger partial charge is 0.335 e. The lowest BCUT2D eigenvalue weighted by Gasteiger charge is -2.13. The Labute approximate surface area is 168 Å². The second kappa shape index (κ2) is 8.39. The Morgan fingerprint density at radius 3 is 2.64 bits per heavy atom. The molecule has 0 N–H and O–H groups in total. The van der Waals surface area contributed by atoms with E-state index in [1.807, 2.05) is 49.8 Å². The predicted molar refractivity (Wildman–Crippen MR) is 112 cm³/mol. The lowest BCUT2D eigenvalue weighted by molar-refractivity contribution is 0.661. The highest BCUT2D eigenvalue weighted by molar-refractivity contribution is 7.99. The van der Waals surface area contributed by atoms with Crippen LogP contribution in [-0.4, -0.2) is 35.1 Å². The summed E-state index contributed by atoms with van der Waals surface area (Å²) in [5.74, 6) is 2.82. The number of rotatable bonds is 7. The Kier molecular flexibility index (Phi) is 5.53. The minimum absolute atomic E-state index is 0.815. The van der Waals surface area contributed by atoms with E-state index in [0.29, 0.717) is 0 Å². The number of pyridine rings is 1. The predicted octanol–water partition coefficient (Wildman–Crippen LogP) is 4.33. The smallest absolute Gasteiger partial charge is 0.196 e. The summed E-state index contributed by atoms with van der Waals surface area (Å²) in [5.41, 5.74) is 3.24. The van der Waals surface area contributed by atoms with Crippen LogP contribution >= 0.6 is 11.8 Å². The number of aromatic nitrogens is 6. The van der Waals surface area contributed by atoms with Gasteiger partial charge in [0, 0.05) is 42.6 Å². The summed E-state index contributed by atoms with van der Waals surface area (Å²) < 4.78 is 4.31. The molecular weight excluding hydrogens is 368 g/mol. The lowest BCUT2D eigenvalue weighted by atomic mass is 10.2. The molecule has 1 aromatic carbocycles. The minimum Gasteiger partial charge on any atom is -0.335 e. The lowest BCUT2D eigenvalue weighted by Crippen LogP contribution is -2.03. The van der Waals surface area contributed by atoms with Gasteiger partial charge in [-0.2, -0.15) is 0 Å². The van der Waals surface area contributed by atoms with Gasteiger partial charge in [0.1, 0.15) is 5.82 Å². The quantitative estimate of drug-likeness (QED) is 0.347. The summed E-state index contributed by atoms with van der Waals surface area (Å²) in [6.07, 6.45) is 8.50. The zero-order chi connectivity index (χ0) is 19.3. The number of benzene rings is 1. The van der Waals surface area contributed by atoms with Crippen LogP contribution in [0.1, 0.15) is 17.8 Å². The van der Waals surface area contributed by atoms with Crippen LogP contribution in [0.4, 0.5) is 0 Å². The molecular formula is C21H22N6S. The molecule has 0 atom stereocenters. The molecule has 3 aromatic heterocycles. The van der Waals surface area contributed by atoms with Crippen LogP contribution in [0.25, 0.3) is 17.1 Å². The highest BCUT2D eigenvalue weighted by Crippen LogP contribution is 2.29. The van der Waals surface area contributed by atoms with Gasteiger partial charge in [0.15, 0.2) is 11.0 Å². The summed E-state index contributed by atoms with van der Waals surface area (Å²) in [4.78, 5) is 8.52. The molecule has 7 heteroatoms. The second-order valence-electron chi connectivity index (χ2n) is 6.54. The summed E-state index contributed by atoms with van der Waals surface area (Å²) in [6, 6.07) is 12.3. The van der Waals surface area contributed by atoms with E-state index in [2.05, 4.69) is 48.4 Å². The molecule has 0 aliphatic carbocycles. The van der Waals surface area contributed by atoms with Crippen LogP contribution in [0.15, 0.2) is 66.3 Å². The number of hydrogen-bond acceptors (Lipinski definition) is 5. The Morgan fingerprint density at radius 1 is 1.00 bits per heavy atom. The first kappa shape index (κ1) is 18.4. The van der Waals surface area contributed by atoms with E-state index in [-0.39, 0.29) is 0 Å². The van der Waals surface area contributed by atoms with Crippen molar-refractivity contribution < 1.29 is 0 Å². The summed E-state index contributed by atoms with van der Waals surface area (Å²) in [6.45, 7) is 5.09. The zero-order valence-corrected chi connectivity index (χ0v) is 16.8. The van der Waals surface area contributed by atoms with Crippen molar-refractivity contribution in [2.75, 3.05) is 5.75 Å². The topological polar surface area (TPSA) is 61.4 Å². The van der Waals surface area contributed by atoms with E-state index in [1.54, 1.807) is 18.0 Å². The highest BCUT2D eigenvalue weighted by Gasteiger charge is 2.17. The van der Waals surface area contributed by atoms with Gasteiger partial charge in [-0.25, -0.2) is 4.98 Å². The second-order valence-corrected chi connectivity index (χ2v) is 7.60. The molecule has 4 aromatic rings. The molecule has 0 aliphatic rings. The molecule has 142 valence electrons. The fourth-order valence-electron chi connectivity index (χ4n) is 3.12. The van der Waals surface area contributed by atoms with Crippen molar-refractivity contribution in [1.29, 1.82) is 0 Å². The van der Waals surface area contributed by atoms with Gasteiger partial charge >= 0.3 is 0 Å². The van der Waals surface area contributed by atoms with Crippen molar-refractivity contribution in [3.05, 3.63) is 72.6 Å². The van der Waals surface area contributed by atoms with E-state index in [4.69, 9.17) is 0 Å². The third-order valence-electron chi connectivity index (χ3n) is 4.61. The first-order valence-electron chi connectivity index (χ1n) is 9.26. The molecule has 0 bridgehead atoms. The Balaban J connectivity index is 1.59. The Morgan fingerprint density at radius 2 is 1.89 bits per heavy atom. The minimum atomic E-state index is 0.815. The summed E-state index contributed by atoms with van der Waals surface area (Å²) in [7, 11) is 0. The molecule has 0 aliphatic heterocycles. The Hall–Kier alpha value is -2.93. The van der Waals surface area contributed by atoms with Gasteiger partial charge in [-0.15, -0.1) is 10.2 Å². The maximum atomic E-state index is 4.49. The third kappa shape index (κ3) is 3.84. The van der Waals surface area contributed by atoms with E-state index < -0.39 is 0 Å². The van der Waals surface area contributed by atoms with Crippen LogP contribution in [0.2, 0.25) is 0 Å². The van der Waals surface area contributed by atoms with Gasteiger partial charge in [0.05, 0.1) is 5.69 Å². The normalized spacial score (nSPS) is 11.1. The van der Waals surface area contributed by atoms with Gasteiger partial charge < -0.3 is 4.57 Å². The molecule has 0 unspecified atom stereocenters. The van der Waals surface area contributed by atoms with Crippen LogP contribution in [0.5, 0.6) is 0 Å². The maximum absolute atomic E-state index is 4.49. The SMILES string of the molecule is Cc1ccccc1-n1c(SCCCn2ccnc2C)nnc1-c1cccnc1. The van der Waals surface area contributed by atoms with Crippen molar-refractivity contribution in [2.24, 2.45) is 0 Å². The van der Waals surface area contributed by atoms with Gasteiger partial charge in [-0.1, -0.05) is 30.0 Å². The summed E-state index contributed by atoms with van der Waals surface area (Å²) in [5, 5.41) is 9.87. The molecule has 28 heavy (non-hydrogen) atoms. The number of para-hydroxylation sites is 1. The van der Waals surface area contributed by atoms with Crippen LogP contribution in [-0.2, 0) is 6.54 Å². The molecule has 0 amide bonds. The number of hydrogen-bond donors (Lipinski definition) is 0. The Bertz CT molecular complexity index is 1050. The molecule has 0 fully saturated rings. The first-order valence-corrected chi connectivity index (χ1v) is 10.2. The monoisotopic (exact) mass is 390 g/mol. The van der Waals surface area contributed by atoms with Crippen molar-refractivity contribution >= 4 is 11.8 Å². The summed E-state index contributed by atoms with van der Waals surface area (Å²) >= 11 is 1.73. The van der Waals surface area contributed by atoms with Crippen molar-refractivity contribution in [1.82, 2.24) is 29.3 Å². The molecule has 3 heterocycles. The first-order chi connectivity index (χ1) is 13.7. The number of imidazole rings is 1. The van der Waals surface area contributed by atoms with Gasteiger partial charge in [-0.3, -0.25) is 9.55 Å². The average Bonchev–Trinajstić information content (AvgIpc) is 3.32. The van der Waals surface area contributed by atoms with Gasteiger partial charge in [0.2, 0.25) is 0 Å². The maximum Gasteiger partial charge on any atom is 0.196 e. The molecule has 4 rings (SSSR count). The van der Waals surface area contributed by atoms with E-state index in [9.17, 15) is 0 Å². The molecule has 0 radical (unpaired) electrons. The number of aryl methyl sites for hydroxylation is 3. The third-order valence-corrected chi connectivity index (χ3v) is 5.62. The van der Waals surface area contributed by atoms with E-state index >= 15 is 0 Å². The van der Waals surface area contributed by atoms with Crippen LogP contribution in [0, 0.1) is 13.8 Å². The molecule has 0 saturated heterocycles. The zero-order valence-electron chi connectivity index (χ0n) is 16.0. The molecule has 0 spiro atoms. The van der Waals surface area contributed by atoms with Gasteiger partial charge in [-0.05, 0) is 44.0 Å². The van der Waals surface area contributed by atoms with Crippen LogP contribution in [0.3, 0.4) is 0 Å². The van der Waals surface area contributed by atoms with Gasteiger partial charge in [0.25, 0.3) is 0 Å². The number of thioether (sulfide) groups is 1. The molecule has 6 nitrogen and oxygen atoms in total.